The fourth-order valence-corrected chi connectivity index (χ4v) is 2.42. The molecule has 2 amide bonds. The highest BCUT2D eigenvalue weighted by atomic mass is 35.5. The van der Waals surface area contributed by atoms with Crippen LogP contribution in [-0.4, -0.2) is 68.0 Å². The van der Waals surface area contributed by atoms with E-state index in [1.807, 2.05) is 23.1 Å². The molecule has 2 heterocycles. The number of rotatable bonds is 6. The molecule has 0 unspecified atom stereocenters. The number of amides is 2. The van der Waals surface area contributed by atoms with Gasteiger partial charge in [-0.25, -0.2) is 4.98 Å². The predicted octanol–water partition coefficient (Wildman–Crippen LogP) is -0.122. The molecule has 7 nitrogen and oxygen atoms in total. The summed E-state index contributed by atoms with van der Waals surface area (Å²) in [5, 5.41) is 5.49. The van der Waals surface area contributed by atoms with E-state index in [1.165, 1.54) is 0 Å². The van der Waals surface area contributed by atoms with E-state index in [1.54, 1.807) is 13.2 Å². The molecule has 1 aliphatic heterocycles. The Kier molecular flexibility index (Phi) is 8.36. The van der Waals surface area contributed by atoms with Crippen LogP contribution < -0.4 is 15.5 Å². The normalized spacial score (nSPS) is 14.1. The first kappa shape index (κ1) is 19.2. The average Bonchev–Trinajstić information content (AvgIpc) is 2.56. The van der Waals surface area contributed by atoms with Crippen LogP contribution in [-0.2, 0) is 9.59 Å². The minimum Gasteiger partial charge on any atom is -0.354 e. The van der Waals surface area contributed by atoms with Crippen molar-refractivity contribution in [2.45, 2.75) is 6.42 Å². The number of likely N-dealkylation sites (N-methyl/N-ethyl adjacent to an activating group) is 1. The highest BCUT2D eigenvalue weighted by Crippen LogP contribution is 2.12. The van der Waals surface area contributed by atoms with Crippen LogP contribution in [0, 0.1) is 0 Å². The van der Waals surface area contributed by atoms with Crippen LogP contribution >= 0.6 is 12.4 Å². The minimum atomic E-state index is -0.0877. The lowest BCUT2D eigenvalue weighted by atomic mass is 10.2. The Labute approximate surface area is 142 Å². The van der Waals surface area contributed by atoms with Crippen LogP contribution in [0.5, 0.6) is 0 Å². The van der Waals surface area contributed by atoms with Crippen molar-refractivity contribution >= 4 is 30.0 Å². The molecule has 2 N–H and O–H groups in total. The van der Waals surface area contributed by atoms with Gasteiger partial charge in [0.15, 0.2) is 0 Å². The highest BCUT2D eigenvalue weighted by molar-refractivity contribution is 5.85. The van der Waals surface area contributed by atoms with Crippen molar-refractivity contribution in [3.05, 3.63) is 24.4 Å². The number of anilines is 1. The number of nitrogens with zero attached hydrogens (tertiary/aromatic N) is 3. The molecule has 0 saturated carbocycles. The third-order valence-electron chi connectivity index (χ3n) is 3.60. The van der Waals surface area contributed by atoms with E-state index in [9.17, 15) is 9.59 Å². The van der Waals surface area contributed by atoms with Crippen molar-refractivity contribution in [1.29, 1.82) is 0 Å². The summed E-state index contributed by atoms with van der Waals surface area (Å²) in [4.78, 5) is 31.8. The van der Waals surface area contributed by atoms with Gasteiger partial charge in [-0.2, -0.15) is 0 Å². The van der Waals surface area contributed by atoms with Gasteiger partial charge in [0.05, 0.1) is 6.54 Å². The quantitative estimate of drug-likeness (QED) is 0.754. The molecule has 23 heavy (non-hydrogen) atoms. The van der Waals surface area contributed by atoms with Gasteiger partial charge in [0, 0.05) is 45.3 Å². The van der Waals surface area contributed by atoms with Crippen LogP contribution in [0.2, 0.25) is 0 Å². The Bertz CT molecular complexity index is 492. The smallest absolute Gasteiger partial charge is 0.233 e. The third-order valence-corrected chi connectivity index (χ3v) is 3.60. The number of aromatic nitrogens is 1. The zero-order valence-electron chi connectivity index (χ0n) is 13.3. The number of carbonyl (C=O) groups is 2. The zero-order chi connectivity index (χ0) is 15.8. The van der Waals surface area contributed by atoms with E-state index in [-0.39, 0.29) is 30.8 Å². The number of halogens is 1. The van der Waals surface area contributed by atoms with Crippen molar-refractivity contribution in [2.24, 2.45) is 0 Å². The van der Waals surface area contributed by atoms with Crippen LogP contribution in [0.3, 0.4) is 0 Å². The Morgan fingerprint density at radius 2 is 1.96 bits per heavy atom. The van der Waals surface area contributed by atoms with E-state index < -0.39 is 0 Å². The first-order valence-corrected chi connectivity index (χ1v) is 7.56. The number of piperazine rings is 1. The number of hydrogen-bond acceptors (Lipinski definition) is 5. The maximum Gasteiger partial charge on any atom is 0.233 e. The van der Waals surface area contributed by atoms with Crippen molar-refractivity contribution < 1.29 is 9.59 Å². The first-order valence-electron chi connectivity index (χ1n) is 7.56. The van der Waals surface area contributed by atoms with Crippen molar-refractivity contribution in [1.82, 2.24) is 20.5 Å². The van der Waals surface area contributed by atoms with Crippen molar-refractivity contribution in [3.8, 4) is 0 Å². The second-order valence-corrected chi connectivity index (χ2v) is 5.19. The number of nitrogens with one attached hydrogen (secondary N) is 2. The summed E-state index contributed by atoms with van der Waals surface area (Å²) in [6, 6.07) is 5.84. The molecule has 1 aromatic heterocycles. The molecule has 8 heteroatoms. The molecule has 0 radical (unpaired) electrons. The van der Waals surface area contributed by atoms with Crippen LogP contribution in [0.15, 0.2) is 24.4 Å². The Hall–Kier alpha value is -1.86. The Balaban J connectivity index is 0.00000264. The van der Waals surface area contributed by atoms with Gasteiger partial charge < -0.3 is 20.4 Å². The van der Waals surface area contributed by atoms with Crippen LogP contribution in [0.1, 0.15) is 6.42 Å². The van der Waals surface area contributed by atoms with Crippen LogP contribution in [0.25, 0.3) is 0 Å². The Morgan fingerprint density at radius 3 is 2.57 bits per heavy atom. The van der Waals surface area contributed by atoms with Crippen molar-refractivity contribution in [2.75, 3.05) is 51.2 Å². The number of carbonyl (C=O) groups excluding carboxylic acids is 2. The third kappa shape index (κ3) is 6.03. The summed E-state index contributed by atoms with van der Waals surface area (Å²) < 4.78 is 0. The van der Waals surface area contributed by atoms with Gasteiger partial charge in [0.2, 0.25) is 11.8 Å². The topological polar surface area (TPSA) is 77.6 Å². The van der Waals surface area contributed by atoms with E-state index >= 15 is 0 Å². The molecule has 2 rings (SSSR count). The lowest BCUT2D eigenvalue weighted by molar-refractivity contribution is -0.131. The molecule has 0 spiro atoms. The number of pyridine rings is 1. The van der Waals surface area contributed by atoms with E-state index in [4.69, 9.17) is 0 Å². The zero-order valence-corrected chi connectivity index (χ0v) is 14.1. The van der Waals surface area contributed by atoms with Gasteiger partial charge in [0.1, 0.15) is 5.82 Å². The fraction of sp³-hybridized carbons (Fsp3) is 0.533. The Morgan fingerprint density at radius 1 is 1.22 bits per heavy atom. The van der Waals surface area contributed by atoms with E-state index in [0.717, 1.165) is 18.9 Å². The lowest BCUT2D eigenvalue weighted by Crippen LogP contribution is -2.49. The molecule has 1 saturated heterocycles. The summed E-state index contributed by atoms with van der Waals surface area (Å²) >= 11 is 0. The summed E-state index contributed by atoms with van der Waals surface area (Å²) in [6.45, 7) is 3.63. The van der Waals surface area contributed by atoms with Gasteiger partial charge >= 0.3 is 0 Å². The molecule has 0 aromatic carbocycles. The van der Waals surface area contributed by atoms with Crippen LogP contribution in [0.4, 0.5) is 5.82 Å². The standard InChI is InChI=1S/C15H23N5O2.ClH/c1-16-12-14(21)18-7-5-15(22)20-10-8-19(9-11-20)13-4-2-3-6-17-13;/h2-4,6,16H,5,7-12H2,1H3,(H,18,21);1H. The predicted molar refractivity (Wildman–Crippen MR) is 91.8 cm³/mol. The van der Waals surface area contributed by atoms with Gasteiger partial charge in [0.25, 0.3) is 0 Å². The minimum absolute atomic E-state index is 0. The summed E-state index contributed by atoms with van der Waals surface area (Å²) in [5.74, 6) is 0.953. The fourth-order valence-electron chi connectivity index (χ4n) is 2.42. The second-order valence-electron chi connectivity index (χ2n) is 5.19. The van der Waals surface area contributed by atoms with Gasteiger partial charge in [-0.15, -0.1) is 12.4 Å². The number of hydrogen-bond donors (Lipinski definition) is 2. The van der Waals surface area contributed by atoms with E-state index in [2.05, 4.69) is 20.5 Å². The summed E-state index contributed by atoms with van der Waals surface area (Å²) in [6.07, 6.45) is 2.12. The molecule has 0 atom stereocenters. The first-order chi connectivity index (χ1) is 10.7. The largest absolute Gasteiger partial charge is 0.354 e. The summed E-state index contributed by atoms with van der Waals surface area (Å²) in [5.41, 5.74) is 0. The summed E-state index contributed by atoms with van der Waals surface area (Å²) in [7, 11) is 1.71. The maximum absolute atomic E-state index is 12.1. The average molecular weight is 342 g/mol. The second kappa shape index (κ2) is 10.0. The molecule has 0 bridgehead atoms. The molecular formula is C15H24ClN5O2. The molecule has 128 valence electrons. The molecule has 0 aliphatic carbocycles. The molecule has 1 aliphatic rings. The lowest BCUT2D eigenvalue weighted by Gasteiger charge is -2.35. The highest BCUT2D eigenvalue weighted by Gasteiger charge is 2.21. The molecular weight excluding hydrogens is 318 g/mol. The van der Waals surface area contributed by atoms with Gasteiger partial charge in [-0.3, -0.25) is 9.59 Å². The SMILES string of the molecule is CNCC(=O)NCCC(=O)N1CCN(c2ccccn2)CC1.Cl. The van der Waals surface area contributed by atoms with Crippen molar-refractivity contribution in [3.63, 3.8) is 0 Å². The monoisotopic (exact) mass is 341 g/mol. The van der Waals surface area contributed by atoms with Gasteiger partial charge in [-0.05, 0) is 19.2 Å². The molecule has 1 fully saturated rings. The van der Waals surface area contributed by atoms with Gasteiger partial charge in [-0.1, -0.05) is 6.07 Å². The maximum atomic E-state index is 12.1. The molecule has 1 aromatic rings. The van der Waals surface area contributed by atoms with E-state index in [0.29, 0.717) is 26.1 Å².